The number of ether oxygens (including phenoxy) is 2. The molecule has 0 N–H and O–H groups in total. The van der Waals surface area contributed by atoms with E-state index in [1.165, 1.54) is 20.3 Å². The number of rotatable bonds is 7. The number of aryl methyl sites for hydroxylation is 4. The van der Waals surface area contributed by atoms with Crippen LogP contribution in [0.5, 0.6) is 11.5 Å². The summed E-state index contributed by atoms with van der Waals surface area (Å²) in [7, 11) is 2.44. The van der Waals surface area contributed by atoms with Crippen LogP contribution in [0.2, 0.25) is 0 Å². The number of carbonyl (C=O) groups is 2. The third-order valence-electron chi connectivity index (χ3n) is 5.61. The third kappa shape index (κ3) is 3.96. The van der Waals surface area contributed by atoms with Crippen molar-refractivity contribution < 1.29 is 23.6 Å². The zero-order chi connectivity index (χ0) is 23.6. The van der Waals surface area contributed by atoms with Gasteiger partial charge in [-0.15, -0.1) is 0 Å². The minimum atomic E-state index is -0.372. The molecule has 32 heavy (non-hydrogen) atoms. The van der Waals surface area contributed by atoms with E-state index in [9.17, 15) is 14.2 Å². The zero-order valence-electron chi connectivity index (χ0n) is 19.0. The van der Waals surface area contributed by atoms with E-state index in [2.05, 4.69) is 0 Å². The van der Waals surface area contributed by atoms with Gasteiger partial charge in [-0.1, -0.05) is 36.4 Å². The fourth-order valence-electron chi connectivity index (χ4n) is 4.10. The van der Waals surface area contributed by atoms with Crippen LogP contribution in [0.25, 0.3) is 0 Å². The van der Waals surface area contributed by atoms with E-state index in [1.807, 2.05) is 64.1 Å². The van der Waals surface area contributed by atoms with Crippen LogP contribution in [0.3, 0.4) is 0 Å². The van der Waals surface area contributed by atoms with Crippen molar-refractivity contribution in [3.05, 3.63) is 87.0 Å². The summed E-state index contributed by atoms with van der Waals surface area (Å²) in [6, 6.07) is 12.6. The number of methoxy groups -OCH3 is 2. The Morgan fingerprint density at radius 2 is 1.12 bits per heavy atom. The molecule has 0 amide bonds. The molecule has 0 aromatic heterocycles. The largest absolute Gasteiger partial charge is 0.495 e. The van der Waals surface area contributed by atoms with Crippen molar-refractivity contribution in [1.82, 2.24) is 0 Å². The van der Waals surface area contributed by atoms with E-state index < -0.39 is 0 Å². The lowest BCUT2D eigenvalue weighted by atomic mass is 9.89. The van der Waals surface area contributed by atoms with E-state index in [-0.39, 0.29) is 48.0 Å². The first kappa shape index (κ1) is 23.4. The minimum absolute atomic E-state index is 0.0860. The zero-order valence-corrected chi connectivity index (χ0v) is 19.9. The van der Waals surface area contributed by atoms with Crippen LogP contribution in [0, 0.1) is 27.7 Å². The summed E-state index contributed by atoms with van der Waals surface area (Å²) in [5, 5.41) is 0.206. The van der Waals surface area contributed by atoms with E-state index in [0.717, 1.165) is 22.3 Å². The predicted molar refractivity (Wildman–Crippen MR) is 125 cm³/mol. The SMILES string of the molecule is COc1c(P=O)cc(C(=O)c2c(C)cccc2C)c(OC)c1C(=O)c1c(C)cccc1C. The molecule has 0 bridgehead atoms. The number of carbonyl (C=O) groups excluding carboxylic acids is 2. The van der Waals surface area contributed by atoms with Crippen LogP contribution in [0.4, 0.5) is 0 Å². The standard InChI is InChI=1S/C26H25O5P/c1-14-9-7-10-15(2)20(14)23(27)18-13-19(32-29)26(31-6)22(25(18)30-5)24(28)21-16(3)11-8-12-17(21)4/h7-13H,1-6H3. The number of hydrogen-bond acceptors (Lipinski definition) is 5. The normalized spacial score (nSPS) is 10.8. The average Bonchev–Trinajstić information content (AvgIpc) is 2.76. The van der Waals surface area contributed by atoms with Crippen molar-refractivity contribution >= 4 is 25.3 Å². The van der Waals surface area contributed by atoms with Crippen LogP contribution in [-0.4, -0.2) is 25.8 Å². The Morgan fingerprint density at radius 1 is 0.688 bits per heavy atom. The van der Waals surface area contributed by atoms with Crippen LogP contribution >= 0.6 is 8.46 Å². The Kier molecular flexibility index (Phi) is 6.90. The average molecular weight is 448 g/mol. The molecule has 0 radical (unpaired) electrons. The first-order valence-corrected chi connectivity index (χ1v) is 10.9. The first-order valence-electron chi connectivity index (χ1n) is 10.1. The monoisotopic (exact) mass is 448 g/mol. The summed E-state index contributed by atoms with van der Waals surface area (Å²) in [5.41, 5.74) is 4.44. The maximum Gasteiger partial charge on any atom is 0.201 e. The molecule has 0 spiro atoms. The van der Waals surface area contributed by atoms with Gasteiger partial charge in [-0.3, -0.25) is 14.2 Å². The quantitative estimate of drug-likeness (QED) is 0.362. The molecule has 5 nitrogen and oxygen atoms in total. The first-order chi connectivity index (χ1) is 15.3. The van der Waals surface area contributed by atoms with Crippen molar-refractivity contribution in [2.24, 2.45) is 0 Å². The molecule has 0 saturated carbocycles. The summed E-state index contributed by atoms with van der Waals surface area (Å²) in [6.45, 7) is 7.40. The molecule has 0 aliphatic carbocycles. The van der Waals surface area contributed by atoms with Crippen molar-refractivity contribution in [1.29, 1.82) is 0 Å². The second-order valence-electron chi connectivity index (χ2n) is 7.67. The highest BCUT2D eigenvalue weighted by atomic mass is 31.1. The van der Waals surface area contributed by atoms with Crippen molar-refractivity contribution in [2.45, 2.75) is 27.7 Å². The fourth-order valence-corrected chi connectivity index (χ4v) is 4.57. The lowest BCUT2D eigenvalue weighted by molar-refractivity contribution is 0.103. The molecule has 0 saturated heterocycles. The maximum absolute atomic E-state index is 13.8. The number of ketones is 2. The summed E-state index contributed by atoms with van der Waals surface area (Å²) in [6.07, 6.45) is 0. The molecule has 0 aliphatic heterocycles. The molecule has 0 unspecified atom stereocenters. The molecule has 0 heterocycles. The van der Waals surface area contributed by atoms with E-state index in [0.29, 0.717) is 11.1 Å². The Labute approximate surface area is 189 Å². The van der Waals surface area contributed by atoms with E-state index >= 15 is 0 Å². The fraction of sp³-hybridized carbons (Fsp3) is 0.231. The van der Waals surface area contributed by atoms with Gasteiger partial charge in [-0.25, -0.2) is 0 Å². The molecule has 6 heteroatoms. The predicted octanol–water partition coefficient (Wildman–Crippen LogP) is 5.32. The Bertz CT molecular complexity index is 1200. The molecular weight excluding hydrogens is 423 g/mol. The van der Waals surface area contributed by atoms with E-state index in [1.54, 1.807) is 0 Å². The summed E-state index contributed by atoms with van der Waals surface area (Å²) in [5.74, 6) is -0.422. The van der Waals surface area contributed by atoms with Crippen molar-refractivity contribution in [3.63, 3.8) is 0 Å². The molecule has 3 aromatic rings. The van der Waals surface area contributed by atoms with Crippen LogP contribution in [0.15, 0.2) is 42.5 Å². The van der Waals surface area contributed by atoms with Gasteiger partial charge in [0.2, 0.25) is 5.78 Å². The summed E-state index contributed by atoms with van der Waals surface area (Å²) < 4.78 is 23.2. The van der Waals surface area contributed by atoms with Gasteiger partial charge in [0.15, 0.2) is 14.2 Å². The highest BCUT2D eigenvalue weighted by Crippen LogP contribution is 2.37. The van der Waals surface area contributed by atoms with Gasteiger partial charge in [-0.2, -0.15) is 0 Å². The smallest absolute Gasteiger partial charge is 0.201 e. The lowest BCUT2D eigenvalue weighted by Crippen LogP contribution is -2.18. The topological polar surface area (TPSA) is 69.7 Å². The Balaban J connectivity index is 2.39. The highest BCUT2D eigenvalue weighted by Gasteiger charge is 2.31. The summed E-state index contributed by atoms with van der Waals surface area (Å²) in [4.78, 5) is 27.4. The molecule has 3 aromatic carbocycles. The number of benzene rings is 3. The number of hydrogen-bond donors (Lipinski definition) is 0. The summed E-state index contributed by atoms with van der Waals surface area (Å²) >= 11 is 0. The Morgan fingerprint density at radius 3 is 1.53 bits per heavy atom. The molecule has 0 fully saturated rings. The molecule has 164 valence electrons. The molecule has 3 rings (SSSR count). The third-order valence-corrected chi connectivity index (χ3v) is 6.14. The van der Waals surface area contributed by atoms with Crippen LogP contribution in [-0.2, 0) is 4.57 Å². The van der Waals surface area contributed by atoms with Crippen LogP contribution < -0.4 is 14.8 Å². The Hall–Kier alpha value is -3.30. The van der Waals surface area contributed by atoms with Gasteiger partial charge in [-0.05, 0) is 56.0 Å². The van der Waals surface area contributed by atoms with Crippen molar-refractivity contribution in [2.75, 3.05) is 14.2 Å². The van der Waals surface area contributed by atoms with E-state index in [4.69, 9.17) is 9.47 Å². The molecular formula is C26H25O5P. The maximum atomic E-state index is 13.8. The minimum Gasteiger partial charge on any atom is -0.495 e. The van der Waals surface area contributed by atoms with Gasteiger partial charge in [0, 0.05) is 11.1 Å². The van der Waals surface area contributed by atoms with Gasteiger partial charge in [0.1, 0.15) is 17.1 Å². The van der Waals surface area contributed by atoms with Gasteiger partial charge in [0.05, 0.1) is 25.1 Å². The van der Waals surface area contributed by atoms with Gasteiger partial charge >= 0.3 is 0 Å². The lowest BCUT2D eigenvalue weighted by Gasteiger charge is -2.19. The second kappa shape index (κ2) is 9.46. The van der Waals surface area contributed by atoms with Gasteiger partial charge < -0.3 is 9.47 Å². The molecule has 0 atom stereocenters. The van der Waals surface area contributed by atoms with Crippen molar-refractivity contribution in [3.8, 4) is 11.5 Å². The van der Waals surface area contributed by atoms with Gasteiger partial charge in [0.25, 0.3) is 0 Å². The second-order valence-corrected chi connectivity index (χ2v) is 8.33. The highest BCUT2D eigenvalue weighted by molar-refractivity contribution is 7.34. The molecule has 0 aliphatic rings. The van der Waals surface area contributed by atoms with Crippen LogP contribution in [0.1, 0.15) is 54.1 Å².